The van der Waals surface area contributed by atoms with Crippen LogP contribution in [-0.4, -0.2) is 42.7 Å². The fraction of sp³-hybridized carbons (Fsp3) is 0.368. The first-order chi connectivity index (χ1) is 13.0. The van der Waals surface area contributed by atoms with Crippen LogP contribution in [0.2, 0.25) is 0 Å². The normalized spacial score (nSPS) is 17.6. The number of hydrogen-bond donors (Lipinski definition) is 2. The maximum atomic E-state index is 12.5. The predicted octanol–water partition coefficient (Wildman–Crippen LogP) is 2.69. The molecule has 2 heterocycles. The van der Waals surface area contributed by atoms with E-state index in [1.807, 2.05) is 6.07 Å². The molecule has 0 atom stereocenters. The Kier molecular flexibility index (Phi) is 4.84. The number of hydrogen-bond acceptors (Lipinski definition) is 5. The van der Waals surface area contributed by atoms with E-state index in [9.17, 15) is 13.2 Å². The van der Waals surface area contributed by atoms with Gasteiger partial charge in [-0.1, -0.05) is 0 Å². The minimum absolute atomic E-state index is 0.220. The summed E-state index contributed by atoms with van der Waals surface area (Å²) in [5, 5.41) is 6.07. The van der Waals surface area contributed by atoms with Crippen molar-refractivity contribution in [1.82, 2.24) is 9.29 Å². The van der Waals surface area contributed by atoms with Gasteiger partial charge in [0.2, 0.25) is 10.0 Å². The molecule has 2 fully saturated rings. The van der Waals surface area contributed by atoms with Crippen LogP contribution in [0.1, 0.15) is 36.0 Å². The molecule has 142 valence electrons. The molecule has 27 heavy (non-hydrogen) atoms. The van der Waals surface area contributed by atoms with Crippen molar-refractivity contribution in [3.05, 3.63) is 48.2 Å². The summed E-state index contributed by atoms with van der Waals surface area (Å²) in [6.07, 6.45) is 5.73. The van der Waals surface area contributed by atoms with Gasteiger partial charge in [-0.25, -0.2) is 13.4 Å². The molecule has 1 saturated heterocycles. The molecule has 0 unspecified atom stereocenters. The topological polar surface area (TPSA) is 91.4 Å². The summed E-state index contributed by atoms with van der Waals surface area (Å²) in [7, 11) is -3.47. The van der Waals surface area contributed by atoms with Crippen LogP contribution >= 0.6 is 0 Å². The van der Waals surface area contributed by atoms with Gasteiger partial charge < -0.3 is 10.6 Å². The molecule has 0 radical (unpaired) electrons. The van der Waals surface area contributed by atoms with Crippen molar-refractivity contribution in [3.8, 4) is 0 Å². The highest BCUT2D eigenvalue weighted by molar-refractivity contribution is 7.89. The SMILES string of the molecule is O=C(Nc1ccc(NC2CC2)nc1)c1ccc(S(=O)(=O)N2CCCC2)cc1. The van der Waals surface area contributed by atoms with Gasteiger partial charge >= 0.3 is 0 Å². The van der Waals surface area contributed by atoms with E-state index in [1.54, 1.807) is 12.3 Å². The standard InChI is InChI=1S/C19H22N4O3S/c24-19(22-16-7-10-18(20-13-16)21-15-5-6-15)14-3-8-17(9-4-14)27(25,26)23-11-1-2-12-23/h3-4,7-10,13,15H,1-2,5-6,11-12H2,(H,20,21)(H,22,24). The van der Waals surface area contributed by atoms with E-state index in [1.165, 1.54) is 41.4 Å². The zero-order valence-corrected chi connectivity index (χ0v) is 15.7. The van der Waals surface area contributed by atoms with Crippen LogP contribution in [0.4, 0.5) is 11.5 Å². The molecule has 1 aromatic carbocycles. The van der Waals surface area contributed by atoms with E-state index in [2.05, 4.69) is 15.6 Å². The van der Waals surface area contributed by atoms with Gasteiger partial charge in [-0.2, -0.15) is 4.31 Å². The largest absolute Gasteiger partial charge is 0.367 e. The lowest BCUT2D eigenvalue weighted by molar-refractivity contribution is 0.102. The van der Waals surface area contributed by atoms with Crippen LogP contribution in [0.25, 0.3) is 0 Å². The summed E-state index contributed by atoms with van der Waals surface area (Å²) in [6, 6.07) is 10.2. The van der Waals surface area contributed by atoms with Crippen LogP contribution in [0.5, 0.6) is 0 Å². The second kappa shape index (κ2) is 7.28. The van der Waals surface area contributed by atoms with Gasteiger partial charge in [-0.3, -0.25) is 4.79 Å². The van der Waals surface area contributed by atoms with Crippen LogP contribution in [0.15, 0.2) is 47.5 Å². The van der Waals surface area contributed by atoms with E-state index in [0.29, 0.717) is 30.4 Å². The molecule has 2 aliphatic rings. The molecule has 1 aromatic heterocycles. The van der Waals surface area contributed by atoms with Crippen molar-refractivity contribution in [1.29, 1.82) is 0 Å². The molecule has 0 spiro atoms. The lowest BCUT2D eigenvalue weighted by Crippen LogP contribution is -2.27. The number of nitrogens with one attached hydrogen (secondary N) is 2. The summed E-state index contributed by atoms with van der Waals surface area (Å²) in [5.41, 5.74) is 0.991. The molecular weight excluding hydrogens is 364 g/mol. The average Bonchev–Trinajstić information content (AvgIpc) is 3.31. The summed E-state index contributed by atoms with van der Waals surface area (Å²) in [5.74, 6) is 0.497. The maximum absolute atomic E-state index is 12.5. The van der Waals surface area contributed by atoms with Gasteiger partial charge in [-0.15, -0.1) is 0 Å². The van der Waals surface area contributed by atoms with E-state index in [0.717, 1.165) is 18.7 Å². The molecule has 8 heteroatoms. The highest BCUT2D eigenvalue weighted by Crippen LogP contribution is 2.24. The molecule has 1 aliphatic heterocycles. The molecule has 1 aliphatic carbocycles. The summed E-state index contributed by atoms with van der Waals surface area (Å²) >= 11 is 0. The lowest BCUT2D eigenvalue weighted by atomic mass is 10.2. The van der Waals surface area contributed by atoms with Crippen LogP contribution in [0, 0.1) is 0 Å². The molecule has 2 aromatic rings. The summed E-state index contributed by atoms with van der Waals surface area (Å²) in [4.78, 5) is 16.9. The Morgan fingerprint density at radius 3 is 2.33 bits per heavy atom. The number of benzene rings is 1. The van der Waals surface area contributed by atoms with E-state index in [-0.39, 0.29) is 10.8 Å². The van der Waals surface area contributed by atoms with Crippen molar-refractivity contribution >= 4 is 27.4 Å². The minimum Gasteiger partial charge on any atom is -0.367 e. The number of pyridine rings is 1. The van der Waals surface area contributed by atoms with E-state index >= 15 is 0 Å². The Balaban J connectivity index is 1.41. The third-order valence-corrected chi connectivity index (χ3v) is 6.68. The number of sulfonamides is 1. The minimum atomic E-state index is -3.47. The van der Waals surface area contributed by atoms with Crippen molar-refractivity contribution in [2.45, 2.75) is 36.6 Å². The lowest BCUT2D eigenvalue weighted by Gasteiger charge is -2.15. The van der Waals surface area contributed by atoms with Gasteiger partial charge in [0.1, 0.15) is 5.82 Å². The molecule has 2 N–H and O–H groups in total. The average molecular weight is 386 g/mol. The Bertz CT molecular complexity index is 916. The Morgan fingerprint density at radius 1 is 1.04 bits per heavy atom. The van der Waals surface area contributed by atoms with Crippen molar-refractivity contribution in [3.63, 3.8) is 0 Å². The van der Waals surface area contributed by atoms with Gasteiger partial charge in [0.05, 0.1) is 16.8 Å². The number of aromatic nitrogens is 1. The number of carbonyl (C=O) groups is 1. The first-order valence-electron chi connectivity index (χ1n) is 9.16. The zero-order chi connectivity index (χ0) is 18.9. The first kappa shape index (κ1) is 17.9. The summed E-state index contributed by atoms with van der Waals surface area (Å²) < 4.78 is 26.6. The number of carbonyl (C=O) groups excluding carboxylic acids is 1. The first-order valence-corrected chi connectivity index (χ1v) is 10.6. The summed E-state index contributed by atoms with van der Waals surface area (Å²) in [6.45, 7) is 1.12. The monoisotopic (exact) mass is 386 g/mol. The number of amides is 1. The molecule has 0 bridgehead atoms. The highest BCUT2D eigenvalue weighted by Gasteiger charge is 2.27. The van der Waals surface area contributed by atoms with Gasteiger partial charge in [-0.05, 0) is 62.1 Å². The van der Waals surface area contributed by atoms with Crippen LogP contribution in [0.3, 0.4) is 0 Å². The molecule has 4 rings (SSSR count). The van der Waals surface area contributed by atoms with Gasteiger partial charge in [0.25, 0.3) is 5.91 Å². The second-order valence-corrected chi connectivity index (χ2v) is 8.88. The third kappa shape index (κ3) is 4.12. The van der Waals surface area contributed by atoms with Gasteiger partial charge in [0, 0.05) is 24.7 Å². The Labute approximate surface area is 158 Å². The van der Waals surface area contributed by atoms with Crippen molar-refractivity contribution in [2.75, 3.05) is 23.7 Å². The predicted molar refractivity (Wildman–Crippen MR) is 103 cm³/mol. The number of nitrogens with zero attached hydrogens (tertiary/aromatic N) is 2. The second-order valence-electron chi connectivity index (χ2n) is 6.94. The fourth-order valence-corrected chi connectivity index (χ4v) is 4.57. The quantitative estimate of drug-likeness (QED) is 0.796. The number of anilines is 2. The molecular formula is C19H22N4O3S. The molecule has 1 saturated carbocycles. The smallest absolute Gasteiger partial charge is 0.255 e. The van der Waals surface area contributed by atoms with Crippen LogP contribution < -0.4 is 10.6 Å². The van der Waals surface area contributed by atoms with Crippen molar-refractivity contribution in [2.24, 2.45) is 0 Å². The zero-order valence-electron chi connectivity index (χ0n) is 14.9. The van der Waals surface area contributed by atoms with Crippen molar-refractivity contribution < 1.29 is 13.2 Å². The molecule has 1 amide bonds. The highest BCUT2D eigenvalue weighted by atomic mass is 32.2. The Morgan fingerprint density at radius 2 is 1.74 bits per heavy atom. The van der Waals surface area contributed by atoms with Gasteiger partial charge in [0.15, 0.2) is 0 Å². The van der Waals surface area contributed by atoms with E-state index in [4.69, 9.17) is 0 Å². The number of rotatable bonds is 6. The maximum Gasteiger partial charge on any atom is 0.255 e. The third-order valence-electron chi connectivity index (χ3n) is 4.77. The Hall–Kier alpha value is -2.45. The van der Waals surface area contributed by atoms with E-state index < -0.39 is 10.0 Å². The fourth-order valence-electron chi connectivity index (χ4n) is 3.05. The molecule has 7 nitrogen and oxygen atoms in total. The van der Waals surface area contributed by atoms with Crippen LogP contribution in [-0.2, 0) is 10.0 Å².